The van der Waals surface area contributed by atoms with Gasteiger partial charge in [-0.15, -0.1) is 0 Å². The van der Waals surface area contributed by atoms with Crippen LogP contribution in [-0.2, 0) is 60.2 Å². The van der Waals surface area contributed by atoms with Gasteiger partial charge in [0, 0.05) is 42.2 Å². The quantitative estimate of drug-likeness (QED) is 0.0450. The maximum atomic E-state index is 12.7. The average Bonchev–Trinajstić information content (AvgIpc) is 3.70. The molecule has 0 saturated carbocycles. The Morgan fingerprint density at radius 2 is 1.74 bits per heavy atom. The number of imidazole rings is 1. The molecule has 2 aliphatic rings. The third-order valence-electron chi connectivity index (χ3n) is 9.53. The second-order valence-electron chi connectivity index (χ2n) is 15.0. The van der Waals surface area contributed by atoms with Crippen molar-refractivity contribution in [1.82, 2.24) is 30.2 Å². The lowest BCUT2D eigenvalue weighted by Crippen LogP contribution is -2.46. The first kappa shape index (κ1) is 50.4. The third-order valence-corrected chi connectivity index (χ3v) is 13.5. The van der Waals surface area contributed by atoms with E-state index in [1.807, 2.05) is 13.8 Å². The molecule has 0 bridgehead atoms. The standard InChI is InChI=1S/C31H48N7O19P3S/c1-16-10-20(40)55-18(31(16,4)5)11-21(41)61-9-8-33-19(39)6-7-34-28(44)25(43)30(2,3)13-53-60(50,51)57-59(48,49)52-12-17-24(56-58(45,46)47)23(42)29(54-17)38-15-37-22-26(32)35-14-36-27(22)38/h10,14-15,17-18,23-25,29,42-43H,6-9,11-13H2,1-5H3,(H,33,39)(H,34,44)(H,48,49)(H,50,51)(H2,32,35,36)(H2,45,46,47). The minimum atomic E-state index is -5.59. The SMILES string of the molecule is CC1=CC(=O)OC(CC(=O)SCCNC(=O)CCNC(=O)C(O)C(C)(C)COP(=O)(O)OP(=O)(O)OCC2OC(n3cnc4c(N)ncnc43)C(O)C2OP(=O)(O)O)C1(C)C. The Hall–Kier alpha value is -3.23. The summed E-state index contributed by atoms with van der Waals surface area (Å²) in [5.74, 6) is -1.84. The molecule has 2 amide bonds. The fraction of sp³-hybridized carbons (Fsp3) is 0.645. The molecule has 2 aromatic rings. The number of nitrogens with zero attached hydrogens (tertiary/aromatic N) is 4. The highest BCUT2D eigenvalue weighted by Crippen LogP contribution is 2.61. The zero-order chi connectivity index (χ0) is 45.7. The van der Waals surface area contributed by atoms with Crippen LogP contribution in [0.1, 0.15) is 53.7 Å². The van der Waals surface area contributed by atoms with Crippen molar-refractivity contribution in [2.45, 2.75) is 84.2 Å². The number of ether oxygens (including phenoxy) is 2. The number of aliphatic hydroxyl groups excluding tert-OH is 2. The van der Waals surface area contributed by atoms with Crippen LogP contribution in [-0.4, -0.2) is 135 Å². The lowest BCUT2D eigenvalue weighted by molar-refractivity contribution is -0.151. The maximum absolute atomic E-state index is 12.7. The van der Waals surface area contributed by atoms with Gasteiger partial charge >= 0.3 is 29.4 Å². The number of hydrogen-bond donors (Lipinski definition) is 9. The van der Waals surface area contributed by atoms with Gasteiger partial charge in [-0.05, 0) is 6.92 Å². The summed E-state index contributed by atoms with van der Waals surface area (Å²) in [6.45, 7) is 5.81. The Morgan fingerprint density at radius 3 is 2.41 bits per heavy atom. The fourth-order valence-corrected chi connectivity index (χ4v) is 9.27. The highest BCUT2D eigenvalue weighted by Gasteiger charge is 2.50. The molecule has 26 nitrogen and oxygen atoms in total. The van der Waals surface area contributed by atoms with Crippen molar-refractivity contribution >= 4 is 75.1 Å². The fourth-order valence-electron chi connectivity index (χ4n) is 5.74. The number of aliphatic hydroxyl groups is 2. The molecule has 2 aromatic heterocycles. The Balaban J connectivity index is 1.20. The largest absolute Gasteiger partial charge is 0.481 e. The van der Waals surface area contributed by atoms with E-state index < -0.39 is 102 Å². The van der Waals surface area contributed by atoms with Crippen molar-refractivity contribution in [2.24, 2.45) is 10.8 Å². The second kappa shape index (κ2) is 20.1. The van der Waals surface area contributed by atoms with Gasteiger partial charge in [-0.3, -0.25) is 32.5 Å². The van der Waals surface area contributed by atoms with Crippen LogP contribution in [0.15, 0.2) is 24.3 Å². The van der Waals surface area contributed by atoms with Crippen molar-refractivity contribution in [3.05, 3.63) is 24.3 Å². The topological polar surface area (TPSA) is 390 Å². The molecule has 1 saturated heterocycles. The number of cyclic esters (lactones) is 1. The van der Waals surface area contributed by atoms with Crippen LogP contribution in [0, 0.1) is 10.8 Å². The van der Waals surface area contributed by atoms with E-state index in [4.69, 9.17) is 24.3 Å². The van der Waals surface area contributed by atoms with Gasteiger partial charge in [-0.2, -0.15) is 4.31 Å². The normalized spacial score (nSPS) is 24.3. The van der Waals surface area contributed by atoms with Crippen LogP contribution in [0.5, 0.6) is 0 Å². The predicted molar refractivity (Wildman–Crippen MR) is 209 cm³/mol. The molecule has 30 heteroatoms. The van der Waals surface area contributed by atoms with Gasteiger partial charge in [0.25, 0.3) is 0 Å². The Labute approximate surface area is 351 Å². The number of thioether (sulfide) groups is 1. The smallest absolute Gasteiger partial charge is 0.458 e. The molecule has 2 aliphatic heterocycles. The first-order valence-corrected chi connectivity index (χ1v) is 23.6. The Bertz CT molecular complexity index is 2130. The van der Waals surface area contributed by atoms with Gasteiger partial charge < -0.3 is 55.6 Å². The van der Waals surface area contributed by atoms with E-state index in [-0.39, 0.29) is 53.8 Å². The van der Waals surface area contributed by atoms with Crippen LogP contribution in [0.25, 0.3) is 11.2 Å². The molecule has 342 valence electrons. The zero-order valence-electron chi connectivity index (χ0n) is 33.3. The molecule has 0 radical (unpaired) electrons. The molecular weight excluding hydrogens is 899 g/mol. The predicted octanol–water partition coefficient (Wildman–Crippen LogP) is -0.0473. The van der Waals surface area contributed by atoms with Gasteiger partial charge in [0.1, 0.15) is 42.4 Å². The Kier molecular flexibility index (Phi) is 16.6. The summed E-state index contributed by atoms with van der Waals surface area (Å²) in [6, 6.07) is 0. The summed E-state index contributed by atoms with van der Waals surface area (Å²) in [4.78, 5) is 100. The highest BCUT2D eigenvalue weighted by molar-refractivity contribution is 8.13. The summed E-state index contributed by atoms with van der Waals surface area (Å²) in [5, 5.41) is 26.2. The zero-order valence-corrected chi connectivity index (χ0v) is 36.8. The molecule has 4 heterocycles. The summed E-state index contributed by atoms with van der Waals surface area (Å²) in [5.41, 5.74) is 4.50. The molecule has 0 spiro atoms. The van der Waals surface area contributed by atoms with Crippen LogP contribution >= 0.6 is 35.2 Å². The molecular formula is C31H48N7O19P3S. The summed E-state index contributed by atoms with van der Waals surface area (Å²) in [6.07, 6.45) is -6.31. The lowest BCUT2D eigenvalue weighted by Gasteiger charge is -2.37. The number of nitrogens with one attached hydrogen (secondary N) is 2. The number of nitrogen functional groups attached to an aromatic ring is 1. The van der Waals surface area contributed by atoms with Gasteiger partial charge in [0.2, 0.25) is 11.8 Å². The number of fused-ring (bicyclic) bond motifs is 1. The van der Waals surface area contributed by atoms with E-state index in [2.05, 4.69) is 34.4 Å². The Morgan fingerprint density at radius 1 is 1.07 bits per heavy atom. The van der Waals surface area contributed by atoms with E-state index >= 15 is 0 Å². The maximum Gasteiger partial charge on any atom is 0.481 e. The number of esters is 1. The number of phosphoric acid groups is 3. The third kappa shape index (κ3) is 13.9. The van der Waals surface area contributed by atoms with E-state index in [9.17, 15) is 62.7 Å². The molecule has 1 fully saturated rings. The van der Waals surface area contributed by atoms with Crippen molar-refractivity contribution < 1.29 is 90.0 Å². The number of aromatic nitrogens is 4. The summed E-state index contributed by atoms with van der Waals surface area (Å²) < 4.78 is 67.5. The first-order chi connectivity index (χ1) is 28.1. The monoisotopic (exact) mass is 947 g/mol. The van der Waals surface area contributed by atoms with Crippen LogP contribution in [0.2, 0.25) is 0 Å². The molecule has 8 atom stereocenters. The molecule has 10 N–H and O–H groups in total. The van der Waals surface area contributed by atoms with Crippen LogP contribution < -0.4 is 16.4 Å². The molecule has 0 aromatic carbocycles. The van der Waals surface area contributed by atoms with Crippen molar-refractivity contribution in [3.8, 4) is 0 Å². The lowest BCUT2D eigenvalue weighted by atomic mass is 9.77. The van der Waals surface area contributed by atoms with Crippen molar-refractivity contribution in [1.29, 1.82) is 0 Å². The highest BCUT2D eigenvalue weighted by atomic mass is 32.2. The first-order valence-electron chi connectivity index (χ1n) is 18.1. The van der Waals surface area contributed by atoms with E-state index in [0.717, 1.165) is 34.6 Å². The minimum Gasteiger partial charge on any atom is -0.458 e. The van der Waals surface area contributed by atoms with Crippen LogP contribution in [0.3, 0.4) is 0 Å². The number of hydrogen-bond acceptors (Lipinski definition) is 20. The average molecular weight is 948 g/mol. The van der Waals surface area contributed by atoms with E-state index in [1.165, 1.54) is 19.9 Å². The van der Waals surface area contributed by atoms with Gasteiger partial charge in [0.05, 0.1) is 26.0 Å². The van der Waals surface area contributed by atoms with Crippen molar-refractivity contribution in [2.75, 3.05) is 37.8 Å². The summed E-state index contributed by atoms with van der Waals surface area (Å²) in [7, 11) is -16.5. The molecule has 4 rings (SSSR count). The number of rotatable bonds is 21. The number of amides is 2. The number of carbonyl (C=O) groups excluding carboxylic acids is 4. The van der Waals surface area contributed by atoms with Gasteiger partial charge in [0.15, 0.2) is 22.8 Å². The van der Waals surface area contributed by atoms with Gasteiger partial charge in [-0.25, -0.2) is 33.4 Å². The van der Waals surface area contributed by atoms with Crippen molar-refractivity contribution in [3.63, 3.8) is 0 Å². The minimum absolute atomic E-state index is 0.00951. The van der Waals surface area contributed by atoms with E-state index in [0.29, 0.717) is 0 Å². The molecule has 8 unspecified atom stereocenters. The number of nitrogens with two attached hydrogens (primary N) is 1. The molecule has 61 heavy (non-hydrogen) atoms. The number of anilines is 1. The van der Waals surface area contributed by atoms with Gasteiger partial charge in [-0.1, -0.05) is 45.0 Å². The number of phosphoric ester groups is 3. The number of carbonyl (C=O) groups is 4. The molecule has 0 aliphatic carbocycles. The van der Waals surface area contributed by atoms with E-state index in [1.54, 1.807) is 6.92 Å². The van der Waals surface area contributed by atoms with Crippen LogP contribution in [0.4, 0.5) is 5.82 Å². The second-order valence-corrected chi connectivity index (χ2v) is 20.4. The summed E-state index contributed by atoms with van der Waals surface area (Å²) >= 11 is 0.956.